The third-order valence-electron chi connectivity index (χ3n) is 3.61. The van der Waals surface area contributed by atoms with Crippen molar-refractivity contribution in [2.24, 2.45) is 11.8 Å². The minimum Gasteiger partial charge on any atom is -0.393 e. The van der Waals surface area contributed by atoms with Crippen molar-refractivity contribution in [1.29, 1.82) is 0 Å². The highest BCUT2D eigenvalue weighted by Gasteiger charge is 2.48. The summed E-state index contributed by atoms with van der Waals surface area (Å²) in [4.78, 5) is 12.0. The molecule has 1 fully saturated rings. The lowest BCUT2D eigenvalue weighted by Gasteiger charge is -2.32. The Balaban J connectivity index is 2.62. The van der Waals surface area contributed by atoms with Gasteiger partial charge in [-0.1, -0.05) is 12.8 Å². The van der Waals surface area contributed by atoms with Crippen LogP contribution in [-0.2, 0) is 4.79 Å². The van der Waals surface area contributed by atoms with Crippen LogP contribution in [0.2, 0.25) is 0 Å². The largest absolute Gasteiger partial charge is 0.393 e. The molecule has 0 spiro atoms. The summed E-state index contributed by atoms with van der Waals surface area (Å²) in [6.07, 6.45) is -3.04. The fraction of sp³-hybridized carbons (Fsp3) is 0.923. The van der Waals surface area contributed by atoms with Crippen LogP contribution in [-0.4, -0.2) is 29.3 Å². The average Bonchev–Trinajstić information content (AvgIpc) is 2.26. The fourth-order valence-corrected chi connectivity index (χ4v) is 2.76. The van der Waals surface area contributed by atoms with Gasteiger partial charge < -0.3 is 10.4 Å². The van der Waals surface area contributed by atoms with Gasteiger partial charge in [0.2, 0.25) is 5.91 Å². The predicted molar refractivity (Wildman–Crippen MR) is 65.4 cm³/mol. The molecule has 4 unspecified atom stereocenters. The molecule has 2 N–H and O–H groups in total. The van der Waals surface area contributed by atoms with E-state index in [-0.39, 0.29) is 18.9 Å². The van der Waals surface area contributed by atoms with Gasteiger partial charge in [-0.3, -0.25) is 4.79 Å². The number of rotatable bonds is 4. The van der Waals surface area contributed by atoms with Crippen LogP contribution in [0.25, 0.3) is 0 Å². The molecular weight excluding hydrogens is 259 g/mol. The van der Waals surface area contributed by atoms with Crippen LogP contribution in [0.4, 0.5) is 13.2 Å². The number of nitrogens with one attached hydrogen (secondary N) is 1. The molecule has 0 aromatic rings. The van der Waals surface area contributed by atoms with Crippen molar-refractivity contribution in [3.8, 4) is 0 Å². The number of amides is 1. The average molecular weight is 281 g/mol. The summed E-state index contributed by atoms with van der Waals surface area (Å²) in [5, 5.41) is 11.8. The van der Waals surface area contributed by atoms with E-state index in [0.717, 1.165) is 0 Å². The molecule has 1 aliphatic rings. The maximum Gasteiger partial charge on any atom is 0.392 e. The number of halogens is 3. The molecular formula is C13H22F3NO2. The van der Waals surface area contributed by atoms with Gasteiger partial charge in [0.15, 0.2) is 0 Å². The van der Waals surface area contributed by atoms with Gasteiger partial charge in [0.25, 0.3) is 0 Å². The molecule has 0 aromatic carbocycles. The Labute approximate surface area is 111 Å². The molecule has 3 nitrogen and oxygen atoms in total. The smallest absolute Gasteiger partial charge is 0.392 e. The van der Waals surface area contributed by atoms with E-state index in [1.54, 1.807) is 13.8 Å². The van der Waals surface area contributed by atoms with E-state index in [1.165, 1.54) is 0 Å². The lowest BCUT2D eigenvalue weighted by molar-refractivity contribution is -0.198. The lowest BCUT2D eigenvalue weighted by Crippen LogP contribution is -2.45. The van der Waals surface area contributed by atoms with Crippen LogP contribution in [0.1, 0.15) is 46.0 Å². The third kappa shape index (κ3) is 5.01. The molecule has 0 bridgehead atoms. The molecule has 112 valence electrons. The summed E-state index contributed by atoms with van der Waals surface area (Å²) in [5.41, 5.74) is 0. The number of alkyl halides is 3. The van der Waals surface area contributed by atoms with E-state index in [1.807, 2.05) is 0 Å². The Hall–Kier alpha value is -0.780. The van der Waals surface area contributed by atoms with Crippen molar-refractivity contribution in [3.63, 3.8) is 0 Å². The van der Waals surface area contributed by atoms with Crippen molar-refractivity contribution in [1.82, 2.24) is 5.32 Å². The first-order valence-corrected chi connectivity index (χ1v) is 6.77. The molecule has 0 aliphatic heterocycles. The van der Waals surface area contributed by atoms with Gasteiger partial charge in [0.1, 0.15) is 0 Å². The molecule has 1 rings (SSSR count). The van der Waals surface area contributed by atoms with Gasteiger partial charge in [-0.25, -0.2) is 0 Å². The molecule has 0 saturated heterocycles. The maximum absolute atomic E-state index is 12.9. The molecule has 4 atom stereocenters. The molecule has 0 aromatic heterocycles. The molecule has 6 heteroatoms. The minimum absolute atomic E-state index is 0.0341. The second-order valence-corrected chi connectivity index (χ2v) is 5.53. The van der Waals surface area contributed by atoms with Crippen molar-refractivity contribution in [2.75, 3.05) is 0 Å². The number of aliphatic hydroxyl groups is 1. The van der Waals surface area contributed by atoms with Crippen LogP contribution in [0.15, 0.2) is 0 Å². The number of carbonyl (C=O) groups excluding carboxylic acids is 1. The summed E-state index contributed by atoms with van der Waals surface area (Å²) in [6, 6.07) is -0.316. The standard InChI is InChI=1S/C13H22F3NO2/c1-8(7-9(2)18)17-12(19)10-5-3-4-6-11(10)13(14,15)16/h8-11,18H,3-7H2,1-2H3,(H,17,19). The highest BCUT2D eigenvalue weighted by Crippen LogP contribution is 2.41. The first-order chi connectivity index (χ1) is 8.71. The van der Waals surface area contributed by atoms with Crippen molar-refractivity contribution in [3.05, 3.63) is 0 Å². The van der Waals surface area contributed by atoms with Crippen LogP contribution < -0.4 is 5.32 Å². The summed E-state index contributed by atoms with van der Waals surface area (Å²) in [7, 11) is 0. The lowest BCUT2D eigenvalue weighted by atomic mass is 9.78. The highest BCUT2D eigenvalue weighted by molar-refractivity contribution is 5.79. The van der Waals surface area contributed by atoms with Gasteiger partial charge in [-0.05, 0) is 33.1 Å². The number of carbonyl (C=O) groups is 1. The van der Waals surface area contributed by atoms with Gasteiger partial charge >= 0.3 is 6.18 Å². The molecule has 1 amide bonds. The fourth-order valence-electron chi connectivity index (χ4n) is 2.76. The third-order valence-corrected chi connectivity index (χ3v) is 3.61. The quantitative estimate of drug-likeness (QED) is 0.832. The Kier molecular flexibility index (Phi) is 5.64. The Morgan fingerprint density at radius 3 is 2.42 bits per heavy atom. The van der Waals surface area contributed by atoms with Crippen LogP contribution in [0.3, 0.4) is 0 Å². The van der Waals surface area contributed by atoms with Crippen molar-refractivity contribution in [2.45, 2.75) is 64.3 Å². The van der Waals surface area contributed by atoms with Crippen molar-refractivity contribution >= 4 is 5.91 Å². The van der Waals surface area contributed by atoms with E-state index >= 15 is 0 Å². The zero-order chi connectivity index (χ0) is 14.6. The van der Waals surface area contributed by atoms with Gasteiger partial charge in [-0.15, -0.1) is 0 Å². The minimum atomic E-state index is -4.31. The Morgan fingerprint density at radius 2 is 1.89 bits per heavy atom. The van der Waals surface area contributed by atoms with E-state index < -0.39 is 30.0 Å². The topological polar surface area (TPSA) is 49.3 Å². The zero-order valence-corrected chi connectivity index (χ0v) is 11.3. The normalized spacial score (nSPS) is 27.7. The number of hydrogen-bond acceptors (Lipinski definition) is 2. The molecule has 0 radical (unpaired) electrons. The van der Waals surface area contributed by atoms with Gasteiger partial charge in [0, 0.05) is 12.0 Å². The summed E-state index contributed by atoms with van der Waals surface area (Å²) in [5.74, 6) is -3.04. The van der Waals surface area contributed by atoms with Gasteiger partial charge in [-0.2, -0.15) is 13.2 Å². The number of hydrogen-bond donors (Lipinski definition) is 2. The second-order valence-electron chi connectivity index (χ2n) is 5.53. The molecule has 0 heterocycles. The Bertz CT molecular complexity index is 305. The molecule has 19 heavy (non-hydrogen) atoms. The van der Waals surface area contributed by atoms with E-state index in [2.05, 4.69) is 5.32 Å². The van der Waals surface area contributed by atoms with Crippen LogP contribution in [0, 0.1) is 11.8 Å². The SMILES string of the molecule is CC(O)CC(C)NC(=O)C1CCCCC1C(F)(F)F. The molecule has 1 saturated carbocycles. The van der Waals surface area contributed by atoms with Crippen LogP contribution >= 0.6 is 0 Å². The summed E-state index contributed by atoms with van der Waals surface area (Å²) < 4.78 is 38.6. The van der Waals surface area contributed by atoms with Gasteiger partial charge in [0.05, 0.1) is 12.0 Å². The van der Waals surface area contributed by atoms with E-state index in [0.29, 0.717) is 19.3 Å². The first kappa shape index (κ1) is 16.3. The van der Waals surface area contributed by atoms with E-state index in [9.17, 15) is 23.1 Å². The predicted octanol–water partition coefficient (Wildman–Crippen LogP) is 2.63. The Morgan fingerprint density at radius 1 is 1.32 bits per heavy atom. The zero-order valence-electron chi connectivity index (χ0n) is 11.3. The second kappa shape index (κ2) is 6.59. The van der Waals surface area contributed by atoms with Crippen molar-refractivity contribution < 1.29 is 23.1 Å². The summed E-state index contributed by atoms with van der Waals surface area (Å²) in [6.45, 7) is 3.28. The highest BCUT2D eigenvalue weighted by atomic mass is 19.4. The van der Waals surface area contributed by atoms with E-state index in [4.69, 9.17) is 0 Å². The number of aliphatic hydroxyl groups excluding tert-OH is 1. The summed E-state index contributed by atoms with van der Waals surface area (Å²) >= 11 is 0. The maximum atomic E-state index is 12.9. The van der Waals surface area contributed by atoms with Crippen LogP contribution in [0.5, 0.6) is 0 Å². The first-order valence-electron chi connectivity index (χ1n) is 6.77. The molecule has 1 aliphatic carbocycles. The monoisotopic (exact) mass is 281 g/mol.